The summed E-state index contributed by atoms with van der Waals surface area (Å²) in [6.07, 6.45) is 3.86. The lowest BCUT2D eigenvalue weighted by Gasteiger charge is -2.16. The van der Waals surface area contributed by atoms with Gasteiger partial charge in [-0.05, 0) is 55.9 Å². The third-order valence-corrected chi connectivity index (χ3v) is 4.42. The number of amides is 1. The molecule has 1 aliphatic rings. The molecule has 1 fully saturated rings. The van der Waals surface area contributed by atoms with Crippen LogP contribution in [-0.2, 0) is 0 Å². The van der Waals surface area contributed by atoms with Crippen LogP contribution in [-0.4, -0.2) is 19.0 Å². The second kappa shape index (κ2) is 6.78. The van der Waals surface area contributed by atoms with Gasteiger partial charge in [-0.1, -0.05) is 19.8 Å². The first-order valence-corrected chi connectivity index (χ1v) is 7.74. The Morgan fingerprint density at radius 2 is 2.15 bits per heavy atom. The van der Waals surface area contributed by atoms with Crippen LogP contribution in [0.15, 0.2) is 18.2 Å². The lowest BCUT2D eigenvalue weighted by atomic mass is 9.98. The van der Waals surface area contributed by atoms with Crippen LogP contribution in [0.25, 0.3) is 0 Å². The van der Waals surface area contributed by atoms with Crippen LogP contribution in [0, 0.1) is 18.8 Å². The van der Waals surface area contributed by atoms with Crippen molar-refractivity contribution in [2.24, 2.45) is 11.8 Å². The van der Waals surface area contributed by atoms with E-state index in [1.54, 1.807) is 0 Å². The Morgan fingerprint density at radius 1 is 1.35 bits per heavy atom. The third kappa shape index (κ3) is 3.53. The molecular formula is C17H26N2O. The molecule has 2 atom stereocenters. The SMILES string of the molecule is CCNc1ccc(C(=O)NCC2CCCC2C)c(C)c1. The van der Waals surface area contributed by atoms with Gasteiger partial charge < -0.3 is 10.6 Å². The van der Waals surface area contributed by atoms with E-state index in [1.807, 2.05) is 25.1 Å². The second-order valence-electron chi connectivity index (χ2n) is 5.94. The molecule has 2 rings (SSSR count). The Morgan fingerprint density at radius 3 is 2.75 bits per heavy atom. The molecule has 0 aliphatic heterocycles. The van der Waals surface area contributed by atoms with E-state index in [1.165, 1.54) is 19.3 Å². The zero-order valence-corrected chi connectivity index (χ0v) is 12.8. The molecule has 2 N–H and O–H groups in total. The number of carbonyl (C=O) groups is 1. The minimum atomic E-state index is 0.0599. The van der Waals surface area contributed by atoms with Crippen molar-refractivity contribution in [3.05, 3.63) is 29.3 Å². The minimum absolute atomic E-state index is 0.0599. The maximum Gasteiger partial charge on any atom is 0.251 e. The van der Waals surface area contributed by atoms with Crippen molar-refractivity contribution in [1.29, 1.82) is 0 Å². The van der Waals surface area contributed by atoms with Gasteiger partial charge in [0.25, 0.3) is 5.91 Å². The predicted octanol–water partition coefficient (Wildman–Crippen LogP) is 3.59. The summed E-state index contributed by atoms with van der Waals surface area (Å²) >= 11 is 0. The fraction of sp³-hybridized carbons (Fsp3) is 0.588. The maximum absolute atomic E-state index is 12.3. The highest BCUT2D eigenvalue weighted by Crippen LogP contribution is 2.30. The van der Waals surface area contributed by atoms with E-state index >= 15 is 0 Å². The summed E-state index contributed by atoms with van der Waals surface area (Å²) in [5, 5.41) is 6.37. The lowest BCUT2D eigenvalue weighted by Crippen LogP contribution is -2.30. The van der Waals surface area contributed by atoms with Crippen LogP contribution in [0.1, 0.15) is 49.0 Å². The number of nitrogens with one attached hydrogen (secondary N) is 2. The molecule has 1 aliphatic carbocycles. The summed E-state index contributed by atoms with van der Waals surface area (Å²) < 4.78 is 0. The van der Waals surface area contributed by atoms with E-state index in [2.05, 4.69) is 24.5 Å². The molecule has 3 heteroatoms. The number of aryl methyl sites for hydroxylation is 1. The van der Waals surface area contributed by atoms with Crippen molar-refractivity contribution in [3.63, 3.8) is 0 Å². The first-order chi connectivity index (χ1) is 9.61. The van der Waals surface area contributed by atoms with Gasteiger partial charge in [0.15, 0.2) is 0 Å². The number of hydrogen-bond donors (Lipinski definition) is 2. The van der Waals surface area contributed by atoms with Crippen LogP contribution >= 0.6 is 0 Å². The largest absolute Gasteiger partial charge is 0.385 e. The standard InChI is InChI=1S/C17H26N2O/c1-4-18-15-8-9-16(13(3)10-15)17(20)19-11-14-7-5-6-12(14)2/h8-10,12,14,18H,4-7,11H2,1-3H3,(H,19,20). The Bertz CT molecular complexity index is 470. The zero-order valence-electron chi connectivity index (χ0n) is 12.8. The van der Waals surface area contributed by atoms with Crippen molar-refractivity contribution >= 4 is 11.6 Å². The fourth-order valence-corrected chi connectivity index (χ4v) is 3.08. The number of rotatable bonds is 5. The number of hydrogen-bond acceptors (Lipinski definition) is 2. The van der Waals surface area contributed by atoms with Gasteiger partial charge in [0.05, 0.1) is 0 Å². The van der Waals surface area contributed by atoms with Gasteiger partial charge >= 0.3 is 0 Å². The second-order valence-corrected chi connectivity index (χ2v) is 5.94. The third-order valence-electron chi connectivity index (χ3n) is 4.42. The molecule has 20 heavy (non-hydrogen) atoms. The number of anilines is 1. The molecule has 1 saturated carbocycles. The smallest absolute Gasteiger partial charge is 0.251 e. The predicted molar refractivity (Wildman–Crippen MR) is 84.2 cm³/mol. The summed E-state index contributed by atoms with van der Waals surface area (Å²) in [6.45, 7) is 8.06. The normalized spacial score (nSPS) is 21.8. The average Bonchev–Trinajstić information content (AvgIpc) is 2.82. The maximum atomic E-state index is 12.3. The van der Waals surface area contributed by atoms with Crippen LogP contribution in [0.2, 0.25) is 0 Å². The van der Waals surface area contributed by atoms with Crippen molar-refractivity contribution < 1.29 is 4.79 Å². The average molecular weight is 274 g/mol. The molecule has 0 spiro atoms. The Balaban J connectivity index is 1.95. The van der Waals surface area contributed by atoms with Crippen molar-refractivity contribution in [2.45, 2.75) is 40.0 Å². The molecule has 1 aromatic rings. The van der Waals surface area contributed by atoms with E-state index < -0.39 is 0 Å². The van der Waals surface area contributed by atoms with Crippen molar-refractivity contribution in [3.8, 4) is 0 Å². The molecule has 1 aromatic carbocycles. The topological polar surface area (TPSA) is 41.1 Å². The lowest BCUT2D eigenvalue weighted by molar-refractivity contribution is 0.0944. The Labute approximate surface area is 122 Å². The molecule has 0 bridgehead atoms. The fourth-order valence-electron chi connectivity index (χ4n) is 3.08. The molecule has 0 aromatic heterocycles. The van der Waals surface area contributed by atoms with Crippen molar-refractivity contribution in [1.82, 2.24) is 5.32 Å². The van der Waals surface area contributed by atoms with Gasteiger partial charge in [0.1, 0.15) is 0 Å². The first kappa shape index (κ1) is 14.9. The van der Waals surface area contributed by atoms with Crippen LogP contribution < -0.4 is 10.6 Å². The molecular weight excluding hydrogens is 248 g/mol. The van der Waals surface area contributed by atoms with Gasteiger partial charge in [0, 0.05) is 24.3 Å². The highest BCUT2D eigenvalue weighted by molar-refractivity contribution is 5.96. The minimum Gasteiger partial charge on any atom is -0.385 e. The van der Waals surface area contributed by atoms with Crippen LogP contribution in [0.4, 0.5) is 5.69 Å². The van der Waals surface area contributed by atoms with Gasteiger partial charge in [-0.15, -0.1) is 0 Å². The molecule has 0 radical (unpaired) electrons. The van der Waals surface area contributed by atoms with Crippen molar-refractivity contribution in [2.75, 3.05) is 18.4 Å². The Kier molecular flexibility index (Phi) is 5.05. The zero-order chi connectivity index (χ0) is 14.5. The molecule has 0 saturated heterocycles. The van der Waals surface area contributed by atoms with E-state index in [4.69, 9.17) is 0 Å². The number of benzene rings is 1. The molecule has 3 nitrogen and oxygen atoms in total. The number of carbonyl (C=O) groups excluding carboxylic acids is 1. The van der Waals surface area contributed by atoms with Gasteiger partial charge in [-0.25, -0.2) is 0 Å². The van der Waals surface area contributed by atoms with Crippen LogP contribution in [0.5, 0.6) is 0 Å². The summed E-state index contributed by atoms with van der Waals surface area (Å²) in [6, 6.07) is 5.93. The van der Waals surface area contributed by atoms with Gasteiger partial charge in [-0.3, -0.25) is 4.79 Å². The summed E-state index contributed by atoms with van der Waals surface area (Å²) in [7, 11) is 0. The molecule has 2 unspecified atom stereocenters. The molecule has 0 heterocycles. The van der Waals surface area contributed by atoms with E-state index in [0.717, 1.165) is 35.8 Å². The van der Waals surface area contributed by atoms with Gasteiger partial charge in [-0.2, -0.15) is 0 Å². The molecule has 1 amide bonds. The monoisotopic (exact) mass is 274 g/mol. The quantitative estimate of drug-likeness (QED) is 0.861. The van der Waals surface area contributed by atoms with E-state index in [-0.39, 0.29) is 5.91 Å². The summed E-state index contributed by atoms with van der Waals surface area (Å²) in [5.74, 6) is 1.46. The highest BCUT2D eigenvalue weighted by Gasteiger charge is 2.23. The van der Waals surface area contributed by atoms with Crippen LogP contribution in [0.3, 0.4) is 0 Å². The van der Waals surface area contributed by atoms with E-state index in [9.17, 15) is 4.79 Å². The van der Waals surface area contributed by atoms with Gasteiger partial charge in [0.2, 0.25) is 0 Å². The summed E-state index contributed by atoms with van der Waals surface area (Å²) in [4.78, 5) is 12.3. The molecule has 110 valence electrons. The van der Waals surface area contributed by atoms with E-state index in [0.29, 0.717) is 5.92 Å². The Hall–Kier alpha value is -1.51. The first-order valence-electron chi connectivity index (χ1n) is 7.74. The summed E-state index contributed by atoms with van der Waals surface area (Å²) in [5.41, 5.74) is 2.89. The highest BCUT2D eigenvalue weighted by atomic mass is 16.1.